The summed E-state index contributed by atoms with van der Waals surface area (Å²) in [5.74, 6) is -2.63. The van der Waals surface area contributed by atoms with Crippen molar-refractivity contribution in [2.45, 2.75) is 6.10 Å². The number of hydrogen-bond acceptors (Lipinski definition) is 5. The average Bonchev–Trinajstić information content (AvgIpc) is 2.66. The van der Waals surface area contributed by atoms with Crippen LogP contribution >= 0.6 is 0 Å². The van der Waals surface area contributed by atoms with E-state index in [2.05, 4.69) is 10.6 Å². The molecule has 0 aliphatic carbocycles. The maximum atomic E-state index is 12.8. The van der Waals surface area contributed by atoms with Crippen LogP contribution in [0.25, 0.3) is 0 Å². The van der Waals surface area contributed by atoms with Gasteiger partial charge in [0, 0.05) is 5.69 Å². The Hall–Kier alpha value is -3.26. The molecule has 2 aromatic rings. The fourth-order valence-corrected chi connectivity index (χ4v) is 1.96. The maximum absolute atomic E-state index is 12.8. The normalized spacial score (nSPS) is 11.3. The first-order chi connectivity index (χ1) is 12.5. The van der Waals surface area contributed by atoms with Gasteiger partial charge < -0.3 is 20.5 Å². The molecule has 0 radical (unpaired) electrons. The number of hydrogen-bond donors (Lipinski definition) is 3. The van der Waals surface area contributed by atoms with Gasteiger partial charge in [-0.05, 0) is 29.8 Å². The zero-order valence-electron chi connectivity index (χ0n) is 13.6. The van der Waals surface area contributed by atoms with Gasteiger partial charge in [-0.25, -0.2) is 9.18 Å². The second-order valence-corrected chi connectivity index (χ2v) is 5.25. The van der Waals surface area contributed by atoms with E-state index in [0.29, 0.717) is 11.3 Å². The van der Waals surface area contributed by atoms with Gasteiger partial charge in [-0.15, -0.1) is 0 Å². The topological polar surface area (TPSA) is 105 Å². The lowest BCUT2D eigenvalue weighted by Gasteiger charge is -2.11. The molecule has 1 atom stereocenters. The van der Waals surface area contributed by atoms with Gasteiger partial charge in [-0.3, -0.25) is 9.59 Å². The summed E-state index contributed by atoms with van der Waals surface area (Å²) in [6, 6.07) is 13.3. The van der Waals surface area contributed by atoms with Crippen LogP contribution in [0.5, 0.6) is 0 Å². The first kappa shape index (κ1) is 19.1. The molecule has 7 nitrogen and oxygen atoms in total. The number of aliphatic hydroxyl groups is 1. The molecule has 0 aliphatic heterocycles. The minimum Gasteiger partial charge on any atom is -0.453 e. The number of halogens is 1. The van der Waals surface area contributed by atoms with Crippen molar-refractivity contribution in [1.82, 2.24) is 5.32 Å². The van der Waals surface area contributed by atoms with Crippen LogP contribution in [0.4, 0.5) is 10.1 Å². The molecule has 2 rings (SSSR count). The monoisotopic (exact) mass is 360 g/mol. The van der Waals surface area contributed by atoms with E-state index in [-0.39, 0.29) is 6.54 Å². The molecule has 0 aliphatic rings. The summed E-state index contributed by atoms with van der Waals surface area (Å²) in [6.07, 6.45) is -1.49. The number of aliphatic hydroxyl groups excluding tert-OH is 1. The molecule has 0 fully saturated rings. The number of esters is 1. The molecular formula is C18H17FN2O5. The van der Waals surface area contributed by atoms with Gasteiger partial charge in [-0.2, -0.15) is 0 Å². The van der Waals surface area contributed by atoms with Gasteiger partial charge >= 0.3 is 5.97 Å². The molecule has 0 aromatic heterocycles. The molecular weight excluding hydrogens is 343 g/mol. The Morgan fingerprint density at radius 1 is 1.00 bits per heavy atom. The number of carbonyl (C=O) groups excluding carboxylic acids is 3. The molecule has 0 bridgehead atoms. The van der Waals surface area contributed by atoms with Crippen molar-refractivity contribution in [3.63, 3.8) is 0 Å². The van der Waals surface area contributed by atoms with Gasteiger partial charge in [-0.1, -0.05) is 30.3 Å². The first-order valence-corrected chi connectivity index (χ1v) is 7.67. The molecule has 3 N–H and O–H groups in total. The van der Waals surface area contributed by atoms with Crippen molar-refractivity contribution in [2.75, 3.05) is 18.5 Å². The van der Waals surface area contributed by atoms with E-state index in [0.717, 1.165) is 0 Å². The van der Waals surface area contributed by atoms with E-state index < -0.39 is 36.3 Å². The second-order valence-electron chi connectivity index (χ2n) is 5.25. The molecule has 0 saturated heterocycles. The lowest BCUT2D eigenvalue weighted by molar-refractivity contribution is -0.157. The summed E-state index contributed by atoms with van der Waals surface area (Å²) in [4.78, 5) is 35.0. The Morgan fingerprint density at radius 2 is 1.65 bits per heavy atom. The minimum atomic E-state index is -1.49. The summed E-state index contributed by atoms with van der Waals surface area (Å²) in [7, 11) is 0. The smallest absolute Gasteiger partial charge is 0.340 e. The Balaban J connectivity index is 1.70. The largest absolute Gasteiger partial charge is 0.453 e. The van der Waals surface area contributed by atoms with Crippen LogP contribution in [0, 0.1) is 5.82 Å². The summed E-state index contributed by atoms with van der Waals surface area (Å²) in [6.45, 7) is -0.985. The summed E-state index contributed by atoms with van der Waals surface area (Å²) in [5.41, 5.74) is 0.722. The number of nitrogens with one attached hydrogen (secondary N) is 2. The number of amides is 2. The zero-order chi connectivity index (χ0) is 18.9. The molecule has 0 spiro atoms. The third kappa shape index (κ3) is 5.99. The summed E-state index contributed by atoms with van der Waals surface area (Å²) < 4.78 is 17.5. The van der Waals surface area contributed by atoms with Gasteiger partial charge in [0.15, 0.2) is 12.7 Å². The molecule has 2 amide bonds. The number of rotatable bonds is 7. The third-order valence-electron chi connectivity index (χ3n) is 3.26. The summed E-state index contributed by atoms with van der Waals surface area (Å²) in [5, 5.41) is 14.5. The SMILES string of the molecule is O=C(COC(=O)[C@@H](O)c1ccccc1)NCC(=O)Nc1ccc(F)cc1. The zero-order valence-corrected chi connectivity index (χ0v) is 13.6. The molecule has 0 unspecified atom stereocenters. The van der Waals surface area contributed by atoms with Gasteiger partial charge in [0.2, 0.25) is 5.91 Å². The van der Waals surface area contributed by atoms with Gasteiger partial charge in [0.1, 0.15) is 5.82 Å². The molecule has 136 valence electrons. The predicted molar refractivity (Wildman–Crippen MR) is 90.4 cm³/mol. The fraction of sp³-hybridized carbons (Fsp3) is 0.167. The van der Waals surface area contributed by atoms with E-state index in [1.807, 2.05) is 0 Å². The van der Waals surface area contributed by atoms with Gasteiger partial charge in [0.05, 0.1) is 6.54 Å². The van der Waals surface area contributed by atoms with E-state index in [9.17, 15) is 23.9 Å². The second kappa shape index (κ2) is 9.28. The fourth-order valence-electron chi connectivity index (χ4n) is 1.96. The highest BCUT2D eigenvalue weighted by atomic mass is 19.1. The molecule has 8 heteroatoms. The minimum absolute atomic E-state index is 0.344. The van der Waals surface area contributed by atoms with Crippen LogP contribution in [0.2, 0.25) is 0 Å². The van der Waals surface area contributed by atoms with Crippen molar-refractivity contribution < 1.29 is 28.6 Å². The third-order valence-corrected chi connectivity index (χ3v) is 3.26. The van der Waals surface area contributed by atoms with E-state index >= 15 is 0 Å². The van der Waals surface area contributed by atoms with Crippen LogP contribution < -0.4 is 10.6 Å². The van der Waals surface area contributed by atoms with Crippen molar-refractivity contribution in [2.24, 2.45) is 0 Å². The van der Waals surface area contributed by atoms with Crippen molar-refractivity contribution >= 4 is 23.5 Å². The highest BCUT2D eigenvalue weighted by Gasteiger charge is 2.19. The molecule has 26 heavy (non-hydrogen) atoms. The quantitative estimate of drug-likeness (QED) is 0.643. The Kier molecular flexibility index (Phi) is 6.81. The molecule has 2 aromatic carbocycles. The Morgan fingerprint density at radius 3 is 2.31 bits per heavy atom. The Bertz CT molecular complexity index is 765. The van der Waals surface area contributed by atoms with Crippen LogP contribution in [-0.2, 0) is 19.1 Å². The highest BCUT2D eigenvalue weighted by Crippen LogP contribution is 2.13. The Labute approximate surface area is 148 Å². The van der Waals surface area contributed by atoms with Crippen molar-refractivity contribution in [3.8, 4) is 0 Å². The lowest BCUT2D eigenvalue weighted by Crippen LogP contribution is -2.36. The van der Waals surface area contributed by atoms with E-state index in [4.69, 9.17) is 4.74 Å². The lowest BCUT2D eigenvalue weighted by atomic mass is 10.1. The number of benzene rings is 2. The predicted octanol–water partition coefficient (Wildman–Crippen LogP) is 1.16. The summed E-state index contributed by atoms with van der Waals surface area (Å²) >= 11 is 0. The standard InChI is InChI=1S/C18H17FN2O5/c19-13-6-8-14(9-7-13)21-15(22)10-20-16(23)11-26-18(25)17(24)12-4-2-1-3-5-12/h1-9,17,24H,10-11H2,(H,20,23)(H,21,22)/t17-/m0/s1. The maximum Gasteiger partial charge on any atom is 0.340 e. The number of ether oxygens (including phenoxy) is 1. The van der Waals surface area contributed by atoms with E-state index in [1.54, 1.807) is 30.3 Å². The van der Waals surface area contributed by atoms with Crippen LogP contribution in [-0.4, -0.2) is 36.0 Å². The van der Waals surface area contributed by atoms with Crippen molar-refractivity contribution in [1.29, 1.82) is 0 Å². The van der Waals surface area contributed by atoms with Crippen LogP contribution in [0.1, 0.15) is 11.7 Å². The molecule has 0 heterocycles. The van der Waals surface area contributed by atoms with Crippen LogP contribution in [0.3, 0.4) is 0 Å². The van der Waals surface area contributed by atoms with Crippen LogP contribution in [0.15, 0.2) is 54.6 Å². The van der Waals surface area contributed by atoms with Crippen molar-refractivity contribution in [3.05, 3.63) is 66.0 Å². The molecule has 0 saturated carbocycles. The van der Waals surface area contributed by atoms with E-state index in [1.165, 1.54) is 24.3 Å². The number of carbonyl (C=O) groups is 3. The number of anilines is 1. The van der Waals surface area contributed by atoms with Gasteiger partial charge in [0.25, 0.3) is 5.91 Å². The highest BCUT2D eigenvalue weighted by molar-refractivity contribution is 5.94. The average molecular weight is 360 g/mol. The first-order valence-electron chi connectivity index (χ1n) is 7.67.